The molecular formula is C22H23NO3. The van der Waals surface area contributed by atoms with Gasteiger partial charge in [-0.05, 0) is 29.8 Å². The van der Waals surface area contributed by atoms with Crippen molar-refractivity contribution in [2.45, 2.75) is 44.9 Å². The van der Waals surface area contributed by atoms with Gasteiger partial charge in [0.25, 0.3) is 0 Å². The van der Waals surface area contributed by atoms with E-state index in [2.05, 4.69) is 66.1 Å². The second-order valence-electron chi connectivity index (χ2n) is 7.03. The Labute approximate surface area is 153 Å². The molecule has 2 atom stereocenters. The number of aromatic nitrogens is 1. The van der Waals surface area contributed by atoms with Crippen molar-refractivity contribution in [3.63, 3.8) is 0 Å². The number of aliphatic hydroxyl groups is 1. The van der Waals surface area contributed by atoms with Crippen molar-refractivity contribution in [3.05, 3.63) is 60.3 Å². The SMILES string of the molecule is Cc1ccc(-c2cccc3ccccc23)n1CCC1CC(O)CC(=O)O1. The van der Waals surface area contributed by atoms with Crippen molar-refractivity contribution < 1.29 is 14.6 Å². The summed E-state index contributed by atoms with van der Waals surface area (Å²) < 4.78 is 7.67. The van der Waals surface area contributed by atoms with Gasteiger partial charge in [0.1, 0.15) is 6.10 Å². The van der Waals surface area contributed by atoms with E-state index in [0.29, 0.717) is 12.8 Å². The number of carbonyl (C=O) groups excluding carboxylic acids is 1. The van der Waals surface area contributed by atoms with E-state index >= 15 is 0 Å². The highest BCUT2D eigenvalue weighted by Crippen LogP contribution is 2.31. The first-order chi connectivity index (χ1) is 12.6. The standard InChI is InChI=1S/C22H23NO3/c1-15-9-10-21(20-8-4-6-16-5-2-3-7-19(16)20)23(15)12-11-18-13-17(24)14-22(25)26-18/h2-10,17-18,24H,11-14H2,1H3. The molecular weight excluding hydrogens is 326 g/mol. The minimum atomic E-state index is -0.579. The molecule has 4 nitrogen and oxygen atoms in total. The average Bonchev–Trinajstić information content (AvgIpc) is 2.99. The molecule has 3 aromatic rings. The maximum absolute atomic E-state index is 11.6. The normalized spacial score (nSPS) is 20.3. The number of aliphatic hydroxyl groups excluding tert-OH is 1. The number of carbonyl (C=O) groups is 1. The lowest BCUT2D eigenvalue weighted by molar-refractivity contribution is -0.160. The van der Waals surface area contributed by atoms with Crippen LogP contribution in [0.2, 0.25) is 0 Å². The number of rotatable bonds is 4. The molecule has 2 heterocycles. The van der Waals surface area contributed by atoms with E-state index in [0.717, 1.165) is 6.54 Å². The first-order valence-electron chi connectivity index (χ1n) is 9.13. The molecule has 2 aromatic carbocycles. The Morgan fingerprint density at radius 2 is 1.92 bits per heavy atom. The van der Waals surface area contributed by atoms with Crippen LogP contribution in [-0.4, -0.2) is 27.9 Å². The Balaban J connectivity index is 1.62. The van der Waals surface area contributed by atoms with Crippen LogP contribution >= 0.6 is 0 Å². The Morgan fingerprint density at radius 3 is 2.77 bits per heavy atom. The highest BCUT2D eigenvalue weighted by atomic mass is 16.5. The third kappa shape index (κ3) is 3.25. The Kier molecular flexibility index (Phi) is 4.51. The number of cyclic esters (lactones) is 1. The van der Waals surface area contributed by atoms with Gasteiger partial charge in [0.05, 0.1) is 12.5 Å². The van der Waals surface area contributed by atoms with Crippen molar-refractivity contribution in [3.8, 4) is 11.3 Å². The summed E-state index contributed by atoms with van der Waals surface area (Å²) in [5, 5.41) is 12.3. The zero-order chi connectivity index (χ0) is 18.1. The third-order valence-electron chi connectivity index (χ3n) is 5.17. The first kappa shape index (κ1) is 16.9. The summed E-state index contributed by atoms with van der Waals surface area (Å²) in [5.74, 6) is -0.299. The van der Waals surface area contributed by atoms with Crippen molar-refractivity contribution in [1.82, 2.24) is 4.57 Å². The molecule has 2 unspecified atom stereocenters. The molecule has 0 amide bonds. The second-order valence-corrected chi connectivity index (χ2v) is 7.03. The van der Waals surface area contributed by atoms with Gasteiger partial charge in [-0.2, -0.15) is 0 Å². The highest BCUT2D eigenvalue weighted by molar-refractivity contribution is 5.96. The van der Waals surface area contributed by atoms with Crippen LogP contribution < -0.4 is 0 Å². The lowest BCUT2D eigenvalue weighted by atomic mass is 10.0. The van der Waals surface area contributed by atoms with Crippen molar-refractivity contribution in [2.75, 3.05) is 0 Å². The van der Waals surface area contributed by atoms with Gasteiger partial charge in [0, 0.05) is 36.3 Å². The monoisotopic (exact) mass is 349 g/mol. The lowest BCUT2D eigenvalue weighted by Gasteiger charge is -2.26. The number of ether oxygens (including phenoxy) is 1. The summed E-state index contributed by atoms with van der Waals surface area (Å²) in [7, 11) is 0. The van der Waals surface area contributed by atoms with Gasteiger partial charge in [-0.3, -0.25) is 4.79 Å². The molecule has 134 valence electrons. The highest BCUT2D eigenvalue weighted by Gasteiger charge is 2.27. The van der Waals surface area contributed by atoms with Crippen molar-refractivity contribution >= 4 is 16.7 Å². The smallest absolute Gasteiger partial charge is 0.308 e. The minimum Gasteiger partial charge on any atom is -0.462 e. The van der Waals surface area contributed by atoms with Gasteiger partial charge in [0.15, 0.2) is 0 Å². The van der Waals surface area contributed by atoms with Crippen LogP contribution in [0.5, 0.6) is 0 Å². The summed E-state index contributed by atoms with van der Waals surface area (Å²) >= 11 is 0. The minimum absolute atomic E-state index is 0.111. The van der Waals surface area contributed by atoms with Gasteiger partial charge in [-0.25, -0.2) is 0 Å². The molecule has 1 aliphatic rings. The Bertz CT molecular complexity index is 938. The molecule has 1 aliphatic heterocycles. The van der Waals surface area contributed by atoms with Crippen LogP contribution in [0, 0.1) is 6.92 Å². The summed E-state index contributed by atoms with van der Waals surface area (Å²) in [5.41, 5.74) is 3.55. The maximum Gasteiger partial charge on any atom is 0.308 e. The fraction of sp³-hybridized carbons (Fsp3) is 0.318. The molecule has 0 aliphatic carbocycles. The molecule has 0 saturated carbocycles. The zero-order valence-corrected chi connectivity index (χ0v) is 14.9. The van der Waals surface area contributed by atoms with Crippen molar-refractivity contribution in [1.29, 1.82) is 0 Å². The third-order valence-corrected chi connectivity index (χ3v) is 5.17. The summed E-state index contributed by atoms with van der Waals surface area (Å²) in [4.78, 5) is 11.6. The maximum atomic E-state index is 11.6. The molecule has 26 heavy (non-hydrogen) atoms. The van der Waals surface area contributed by atoms with Crippen LogP contribution in [-0.2, 0) is 16.1 Å². The summed E-state index contributed by atoms with van der Waals surface area (Å²) in [6.07, 6.45) is 0.546. The number of fused-ring (bicyclic) bond motifs is 1. The number of nitrogens with zero attached hydrogens (tertiary/aromatic N) is 1. The molecule has 0 bridgehead atoms. The number of hydrogen-bond acceptors (Lipinski definition) is 3. The zero-order valence-electron chi connectivity index (χ0n) is 14.9. The van der Waals surface area contributed by atoms with E-state index in [-0.39, 0.29) is 18.5 Å². The van der Waals surface area contributed by atoms with E-state index in [1.54, 1.807) is 0 Å². The molecule has 1 fully saturated rings. The van der Waals surface area contributed by atoms with Crippen molar-refractivity contribution in [2.24, 2.45) is 0 Å². The number of benzene rings is 2. The van der Waals surface area contributed by atoms with E-state index < -0.39 is 6.10 Å². The van der Waals surface area contributed by atoms with Gasteiger partial charge in [0.2, 0.25) is 0 Å². The Hall–Kier alpha value is -2.59. The van der Waals surface area contributed by atoms with E-state index in [1.807, 2.05) is 0 Å². The molecule has 4 heteroatoms. The summed E-state index contributed by atoms with van der Waals surface area (Å²) in [6, 6.07) is 19.0. The predicted octanol–water partition coefficient (Wildman–Crippen LogP) is 4.07. The summed E-state index contributed by atoms with van der Waals surface area (Å²) in [6.45, 7) is 2.85. The fourth-order valence-electron chi connectivity index (χ4n) is 3.86. The topological polar surface area (TPSA) is 51.5 Å². The van der Waals surface area contributed by atoms with E-state index in [9.17, 15) is 9.90 Å². The first-order valence-corrected chi connectivity index (χ1v) is 9.13. The van der Waals surface area contributed by atoms with Crippen LogP contribution in [0.1, 0.15) is 25.0 Å². The molecule has 1 saturated heterocycles. The fourth-order valence-corrected chi connectivity index (χ4v) is 3.86. The van der Waals surface area contributed by atoms with Gasteiger partial charge in [-0.15, -0.1) is 0 Å². The van der Waals surface area contributed by atoms with Gasteiger partial charge >= 0.3 is 5.97 Å². The second kappa shape index (κ2) is 6.96. The molecule has 0 radical (unpaired) electrons. The lowest BCUT2D eigenvalue weighted by Crippen LogP contribution is -2.33. The predicted molar refractivity (Wildman–Crippen MR) is 102 cm³/mol. The Morgan fingerprint density at radius 1 is 1.12 bits per heavy atom. The number of aryl methyl sites for hydroxylation is 1. The quantitative estimate of drug-likeness (QED) is 0.722. The van der Waals surface area contributed by atoms with Crippen LogP contribution in [0.3, 0.4) is 0 Å². The van der Waals surface area contributed by atoms with Crippen LogP contribution in [0.15, 0.2) is 54.6 Å². The van der Waals surface area contributed by atoms with Gasteiger partial charge in [-0.1, -0.05) is 42.5 Å². The van der Waals surface area contributed by atoms with E-state index in [4.69, 9.17) is 4.74 Å². The largest absolute Gasteiger partial charge is 0.462 e. The number of hydrogen-bond donors (Lipinski definition) is 1. The molecule has 0 spiro atoms. The van der Waals surface area contributed by atoms with E-state index in [1.165, 1.54) is 27.7 Å². The molecule has 4 rings (SSSR count). The number of esters is 1. The van der Waals surface area contributed by atoms with Crippen LogP contribution in [0.25, 0.3) is 22.0 Å². The average molecular weight is 349 g/mol. The van der Waals surface area contributed by atoms with Gasteiger partial charge < -0.3 is 14.4 Å². The molecule has 1 aromatic heterocycles. The molecule has 1 N–H and O–H groups in total. The van der Waals surface area contributed by atoms with Crippen LogP contribution in [0.4, 0.5) is 0 Å².